The van der Waals surface area contributed by atoms with Crippen LogP contribution in [0.1, 0.15) is 39.7 Å². The van der Waals surface area contributed by atoms with E-state index in [0.717, 1.165) is 23.5 Å². The topological polar surface area (TPSA) is 139 Å². The number of likely N-dealkylation sites (tertiary alicyclic amines) is 1. The van der Waals surface area contributed by atoms with Gasteiger partial charge in [0.25, 0.3) is 0 Å². The molecule has 1 fully saturated rings. The first-order valence-corrected chi connectivity index (χ1v) is 12.8. The Morgan fingerprint density at radius 2 is 1.91 bits per heavy atom. The molecule has 0 radical (unpaired) electrons. The zero-order chi connectivity index (χ0) is 26.2. The molecule has 3 rings (SSSR count). The predicted octanol–water partition coefficient (Wildman–Crippen LogP) is 2.60. The molecule has 0 spiro atoms. The van der Waals surface area contributed by atoms with Gasteiger partial charge in [-0.05, 0) is 39.3 Å². The molecule has 190 valence electrons. The molecule has 0 bridgehead atoms. The van der Waals surface area contributed by atoms with E-state index in [1.807, 2.05) is 0 Å². The summed E-state index contributed by atoms with van der Waals surface area (Å²) >= 11 is 0. The minimum Gasteiger partial charge on any atom is -0.479 e. The third kappa shape index (κ3) is 6.12. The molecule has 10 nitrogen and oxygen atoms in total. The molecule has 2 heterocycles. The Kier molecular flexibility index (Phi) is 7.19. The van der Waals surface area contributed by atoms with E-state index in [1.165, 1.54) is 0 Å². The van der Waals surface area contributed by atoms with Gasteiger partial charge in [0.2, 0.25) is 10.0 Å². The number of halogens is 1. The number of nitrogens with one attached hydrogen (secondary N) is 1. The van der Waals surface area contributed by atoms with Crippen LogP contribution in [-0.2, 0) is 26.0 Å². The fraction of sp³-hybridized carbons (Fsp3) is 0.478. The van der Waals surface area contributed by atoms with Crippen molar-refractivity contribution in [3.63, 3.8) is 0 Å². The lowest BCUT2D eigenvalue weighted by atomic mass is 9.87. The normalized spacial score (nSPS) is 22.7. The van der Waals surface area contributed by atoms with Gasteiger partial charge in [-0.15, -0.1) is 0 Å². The molecule has 1 aliphatic heterocycles. The molecule has 35 heavy (non-hydrogen) atoms. The zero-order valence-corrected chi connectivity index (χ0v) is 21.0. The number of aromatic nitrogens is 2. The monoisotopic (exact) mass is 508 g/mol. The van der Waals surface area contributed by atoms with Gasteiger partial charge in [0.1, 0.15) is 11.1 Å². The summed E-state index contributed by atoms with van der Waals surface area (Å²) in [6.45, 7) is 6.56. The van der Waals surface area contributed by atoms with Crippen LogP contribution in [0.3, 0.4) is 0 Å². The van der Waals surface area contributed by atoms with Crippen molar-refractivity contribution in [2.24, 2.45) is 0 Å². The summed E-state index contributed by atoms with van der Waals surface area (Å²) < 4.78 is 45.1. The van der Waals surface area contributed by atoms with Crippen LogP contribution in [0.5, 0.6) is 0 Å². The van der Waals surface area contributed by atoms with E-state index in [2.05, 4.69) is 14.7 Å². The van der Waals surface area contributed by atoms with E-state index in [4.69, 9.17) is 4.74 Å². The van der Waals surface area contributed by atoms with Crippen LogP contribution in [0.4, 0.5) is 9.18 Å². The molecule has 0 aliphatic carbocycles. The first kappa shape index (κ1) is 26.5. The van der Waals surface area contributed by atoms with Gasteiger partial charge >= 0.3 is 12.1 Å². The lowest BCUT2D eigenvalue weighted by Crippen LogP contribution is -2.57. The molecule has 1 amide bonds. The molecule has 1 saturated heterocycles. The van der Waals surface area contributed by atoms with E-state index in [-0.39, 0.29) is 18.7 Å². The maximum absolute atomic E-state index is 13.2. The van der Waals surface area contributed by atoms with Crippen LogP contribution in [0.2, 0.25) is 0 Å². The number of carbonyl (C=O) groups excluding carboxylic acids is 1. The Labute approximate surface area is 203 Å². The number of carbonyl (C=O) groups is 2. The van der Waals surface area contributed by atoms with Crippen molar-refractivity contribution in [2.75, 3.05) is 6.26 Å². The Balaban J connectivity index is 2.06. The van der Waals surface area contributed by atoms with Gasteiger partial charge in [0.05, 0.1) is 18.6 Å². The second kappa shape index (κ2) is 9.50. The predicted molar refractivity (Wildman–Crippen MR) is 125 cm³/mol. The van der Waals surface area contributed by atoms with Crippen molar-refractivity contribution < 1.29 is 32.2 Å². The first-order chi connectivity index (χ1) is 16.1. The maximum Gasteiger partial charge on any atom is 0.411 e. The number of hydrogen-bond acceptors (Lipinski definition) is 7. The van der Waals surface area contributed by atoms with E-state index < -0.39 is 51.1 Å². The van der Waals surface area contributed by atoms with Gasteiger partial charge < -0.3 is 9.84 Å². The highest BCUT2D eigenvalue weighted by Gasteiger charge is 2.58. The number of amides is 1. The van der Waals surface area contributed by atoms with Gasteiger partial charge in [-0.2, -0.15) is 0 Å². The number of aliphatic carboxylic acids is 1. The van der Waals surface area contributed by atoms with Crippen LogP contribution < -0.4 is 4.72 Å². The molecule has 1 aromatic carbocycles. The molecule has 0 saturated carbocycles. The van der Waals surface area contributed by atoms with Crippen LogP contribution in [-0.4, -0.2) is 69.9 Å². The quantitative estimate of drug-likeness (QED) is 0.607. The average molecular weight is 509 g/mol. The van der Waals surface area contributed by atoms with Crippen molar-refractivity contribution in [3.05, 3.63) is 48.0 Å². The SMILES string of the molecule is C[C@H]1[C@H](NS(C)(=O)=O)C[C@@](Cc2cccc(-c3ncc(F)cn3)c2)(C(=O)O)N1C(=O)OC(C)(C)C. The molecular weight excluding hydrogens is 479 g/mol. The summed E-state index contributed by atoms with van der Waals surface area (Å²) in [6.07, 6.45) is 1.86. The smallest absolute Gasteiger partial charge is 0.411 e. The van der Waals surface area contributed by atoms with E-state index >= 15 is 0 Å². The molecule has 1 aliphatic rings. The molecule has 2 aromatic rings. The number of nitrogens with zero attached hydrogens (tertiary/aromatic N) is 3. The van der Waals surface area contributed by atoms with E-state index in [0.29, 0.717) is 11.1 Å². The van der Waals surface area contributed by atoms with Gasteiger partial charge in [-0.3, -0.25) is 4.90 Å². The Morgan fingerprint density at radius 1 is 1.29 bits per heavy atom. The molecule has 1 aromatic heterocycles. The number of sulfonamides is 1. The van der Waals surface area contributed by atoms with Crippen molar-refractivity contribution in [2.45, 2.75) is 63.8 Å². The lowest BCUT2D eigenvalue weighted by molar-refractivity contribution is -0.150. The highest BCUT2D eigenvalue weighted by atomic mass is 32.2. The Bertz CT molecular complexity index is 1220. The number of hydrogen-bond donors (Lipinski definition) is 2. The largest absolute Gasteiger partial charge is 0.479 e. The Morgan fingerprint density at radius 3 is 2.46 bits per heavy atom. The van der Waals surface area contributed by atoms with Crippen LogP contribution >= 0.6 is 0 Å². The van der Waals surface area contributed by atoms with Gasteiger partial charge in [0.15, 0.2) is 11.6 Å². The molecule has 2 N–H and O–H groups in total. The summed E-state index contributed by atoms with van der Waals surface area (Å²) in [5.74, 6) is -1.64. The zero-order valence-electron chi connectivity index (χ0n) is 20.1. The number of ether oxygens (including phenoxy) is 1. The fourth-order valence-electron chi connectivity index (χ4n) is 4.31. The van der Waals surface area contributed by atoms with Crippen LogP contribution in [0.15, 0.2) is 36.7 Å². The fourth-order valence-corrected chi connectivity index (χ4v) is 5.14. The summed E-state index contributed by atoms with van der Waals surface area (Å²) in [5, 5.41) is 10.4. The highest BCUT2D eigenvalue weighted by molar-refractivity contribution is 7.88. The summed E-state index contributed by atoms with van der Waals surface area (Å²) in [4.78, 5) is 35.0. The second-order valence-corrected chi connectivity index (χ2v) is 11.5. The van der Waals surface area contributed by atoms with Crippen molar-refractivity contribution >= 4 is 22.1 Å². The van der Waals surface area contributed by atoms with Crippen LogP contribution in [0.25, 0.3) is 11.4 Å². The van der Waals surface area contributed by atoms with Crippen molar-refractivity contribution in [1.82, 2.24) is 19.6 Å². The number of carboxylic acids is 1. The molecule has 3 atom stereocenters. The van der Waals surface area contributed by atoms with Gasteiger partial charge in [-0.25, -0.2) is 37.1 Å². The summed E-state index contributed by atoms with van der Waals surface area (Å²) in [7, 11) is -3.69. The van der Waals surface area contributed by atoms with Crippen molar-refractivity contribution in [3.8, 4) is 11.4 Å². The van der Waals surface area contributed by atoms with E-state index in [1.54, 1.807) is 52.0 Å². The summed E-state index contributed by atoms with van der Waals surface area (Å²) in [5.41, 5.74) is -1.63. The number of benzene rings is 1. The first-order valence-electron chi connectivity index (χ1n) is 10.9. The maximum atomic E-state index is 13.2. The number of carboxylic acid groups (broad SMARTS) is 1. The average Bonchev–Trinajstić information content (AvgIpc) is 2.98. The molecular formula is C23H29FN4O6S. The lowest BCUT2D eigenvalue weighted by Gasteiger charge is -2.38. The number of rotatable bonds is 6. The minimum atomic E-state index is -3.69. The molecule has 0 unspecified atom stereocenters. The third-order valence-corrected chi connectivity index (χ3v) is 6.40. The summed E-state index contributed by atoms with van der Waals surface area (Å²) in [6, 6.07) is 5.06. The van der Waals surface area contributed by atoms with Crippen molar-refractivity contribution in [1.29, 1.82) is 0 Å². The van der Waals surface area contributed by atoms with Gasteiger partial charge in [0, 0.05) is 30.5 Å². The highest BCUT2D eigenvalue weighted by Crippen LogP contribution is 2.39. The van der Waals surface area contributed by atoms with Crippen LogP contribution in [0, 0.1) is 5.82 Å². The minimum absolute atomic E-state index is 0.136. The van der Waals surface area contributed by atoms with Gasteiger partial charge in [-0.1, -0.05) is 18.2 Å². The third-order valence-electron chi connectivity index (χ3n) is 5.66. The second-order valence-electron chi connectivity index (χ2n) is 9.73. The van der Waals surface area contributed by atoms with E-state index in [9.17, 15) is 27.5 Å². The molecule has 12 heteroatoms. The Hall–Kier alpha value is -3.12. The standard InChI is InChI=1S/C23H29FN4O6S/c1-14-18(27-35(5,32)33)11-23(20(29)30,28(14)21(31)34-22(2,3)4)10-15-7-6-8-16(9-15)19-25-12-17(24)13-26-19/h6-9,12-14,18,27H,10-11H2,1-5H3,(H,29,30)/t14-,18+,23-/m0/s1.